The standard InChI is InChI=1S/C17H19FN2O3/c1-3-20-11-13(6-9-17(20)22)19-16(21)8-5-12-4-7-15(23-2)14(18)10-12/h4,6-7,9-11H,3,5,8H2,1-2H3,(H,19,21). The van der Waals surface area contributed by atoms with Crippen molar-refractivity contribution in [3.05, 3.63) is 58.3 Å². The summed E-state index contributed by atoms with van der Waals surface area (Å²) >= 11 is 0. The molecule has 1 heterocycles. The summed E-state index contributed by atoms with van der Waals surface area (Å²) in [5.74, 6) is -0.456. The zero-order chi connectivity index (χ0) is 16.8. The lowest BCUT2D eigenvalue weighted by molar-refractivity contribution is -0.116. The third kappa shape index (κ3) is 4.42. The van der Waals surface area contributed by atoms with E-state index in [1.54, 1.807) is 24.4 Å². The van der Waals surface area contributed by atoms with Gasteiger partial charge in [0.2, 0.25) is 5.91 Å². The van der Waals surface area contributed by atoms with E-state index in [2.05, 4.69) is 5.32 Å². The van der Waals surface area contributed by atoms with Crippen molar-refractivity contribution in [2.45, 2.75) is 26.3 Å². The van der Waals surface area contributed by atoms with Crippen molar-refractivity contribution < 1.29 is 13.9 Å². The van der Waals surface area contributed by atoms with Crippen LogP contribution in [0.4, 0.5) is 10.1 Å². The number of carbonyl (C=O) groups excluding carboxylic acids is 1. The molecular weight excluding hydrogens is 299 g/mol. The molecule has 0 radical (unpaired) electrons. The fourth-order valence-corrected chi connectivity index (χ4v) is 2.20. The molecule has 23 heavy (non-hydrogen) atoms. The van der Waals surface area contributed by atoms with Gasteiger partial charge in [0.25, 0.3) is 5.56 Å². The van der Waals surface area contributed by atoms with Crippen molar-refractivity contribution in [1.29, 1.82) is 0 Å². The van der Waals surface area contributed by atoms with Gasteiger partial charge in [0.1, 0.15) is 0 Å². The molecular formula is C17H19FN2O3. The van der Waals surface area contributed by atoms with Crippen LogP contribution in [-0.2, 0) is 17.8 Å². The molecule has 0 unspecified atom stereocenters. The number of ether oxygens (including phenoxy) is 1. The number of nitrogens with zero attached hydrogens (tertiary/aromatic N) is 1. The number of amides is 1. The van der Waals surface area contributed by atoms with E-state index in [0.717, 1.165) is 5.56 Å². The quantitative estimate of drug-likeness (QED) is 0.890. The molecule has 0 spiro atoms. The number of hydrogen-bond acceptors (Lipinski definition) is 3. The molecule has 122 valence electrons. The average Bonchev–Trinajstić information content (AvgIpc) is 2.55. The smallest absolute Gasteiger partial charge is 0.250 e. The van der Waals surface area contributed by atoms with Crippen LogP contribution >= 0.6 is 0 Å². The summed E-state index contributed by atoms with van der Waals surface area (Å²) in [5.41, 5.74) is 1.17. The molecule has 0 aliphatic heterocycles. The highest BCUT2D eigenvalue weighted by Crippen LogP contribution is 2.18. The van der Waals surface area contributed by atoms with E-state index in [1.807, 2.05) is 6.92 Å². The van der Waals surface area contributed by atoms with Crippen molar-refractivity contribution >= 4 is 11.6 Å². The molecule has 1 aromatic heterocycles. The maximum Gasteiger partial charge on any atom is 0.250 e. The van der Waals surface area contributed by atoms with Crippen molar-refractivity contribution in [2.75, 3.05) is 12.4 Å². The first-order valence-electron chi connectivity index (χ1n) is 7.36. The molecule has 1 amide bonds. The SMILES string of the molecule is CCn1cc(NC(=O)CCc2ccc(OC)c(F)c2)ccc1=O. The van der Waals surface area contributed by atoms with E-state index in [0.29, 0.717) is 18.7 Å². The maximum absolute atomic E-state index is 13.6. The van der Waals surface area contributed by atoms with Gasteiger partial charge < -0.3 is 14.6 Å². The van der Waals surface area contributed by atoms with Gasteiger partial charge in [-0.1, -0.05) is 6.07 Å². The molecule has 1 aromatic carbocycles. The Bertz CT molecular complexity index is 756. The van der Waals surface area contributed by atoms with Crippen molar-refractivity contribution in [3.63, 3.8) is 0 Å². The Morgan fingerprint density at radius 3 is 2.74 bits per heavy atom. The predicted molar refractivity (Wildman–Crippen MR) is 86.3 cm³/mol. The summed E-state index contributed by atoms with van der Waals surface area (Å²) in [5, 5.41) is 2.73. The zero-order valence-electron chi connectivity index (χ0n) is 13.1. The van der Waals surface area contributed by atoms with Gasteiger partial charge in [0.15, 0.2) is 11.6 Å². The van der Waals surface area contributed by atoms with Gasteiger partial charge in [-0.3, -0.25) is 9.59 Å². The van der Waals surface area contributed by atoms with Gasteiger partial charge in [0.05, 0.1) is 12.8 Å². The highest BCUT2D eigenvalue weighted by molar-refractivity contribution is 5.90. The monoisotopic (exact) mass is 318 g/mol. The highest BCUT2D eigenvalue weighted by Gasteiger charge is 2.07. The topological polar surface area (TPSA) is 60.3 Å². The lowest BCUT2D eigenvalue weighted by Gasteiger charge is -2.08. The van der Waals surface area contributed by atoms with Crippen LogP contribution in [0.25, 0.3) is 0 Å². The van der Waals surface area contributed by atoms with E-state index in [9.17, 15) is 14.0 Å². The molecule has 5 nitrogen and oxygen atoms in total. The summed E-state index contributed by atoms with van der Waals surface area (Å²) in [6.45, 7) is 2.39. The number of nitrogens with one attached hydrogen (secondary N) is 1. The Morgan fingerprint density at radius 1 is 1.30 bits per heavy atom. The van der Waals surface area contributed by atoms with Crippen LogP contribution < -0.4 is 15.6 Å². The summed E-state index contributed by atoms with van der Waals surface area (Å²) in [4.78, 5) is 23.4. The minimum atomic E-state index is -0.444. The first-order chi connectivity index (χ1) is 11.0. The second kappa shape index (κ2) is 7.58. The number of aromatic nitrogens is 1. The van der Waals surface area contributed by atoms with Crippen molar-refractivity contribution in [1.82, 2.24) is 4.57 Å². The Morgan fingerprint density at radius 2 is 2.09 bits per heavy atom. The molecule has 2 rings (SSSR count). The number of pyridine rings is 1. The lowest BCUT2D eigenvalue weighted by atomic mass is 10.1. The molecule has 2 aromatic rings. The number of methoxy groups -OCH3 is 1. The number of aryl methyl sites for hydroxylation is 2. The summed E-state index contributed by atoms with van der Waals surface area (Å²) in [6.07, 6.45) is 2.24. The zero-order valence-corrected chi connectivity index (χ0v) is 13.1. The van der Waals surface area contributed by atoms with Gasteiger partial charge in [-0.05, 0) is 37.1 Å². The Labute approximate surface area is 133 Å². The van der Waals surface area contributed by atoms with Gasteiger partial charge >= 0.3 is 0 Å². The summed E-state index contributed by atoms with van der Waals surface area (Å²) < 4.78 is 19.9. The van der Waals surface area contributed by atoms with Crippen LogP contribution in [0.15, 0.2) is 41.3 Å². The second-order valence-electron chi connectivity index (χ2n) is 5.06. The Hall–Kier alpha value is -2.63. The average molecular weight is 318 g/mol. The van der Waals surface area contributed by atoms with Crippen LogP contribution in [-0.4, -0.2) is 17.6 Å². The minimum Gasteiger partial charge on any atom is -0.494 e. The molecule has 1 N–H and O–H groups in total. The fraction of sp³-hybridized carbons (Fsp3) is 0.294. The summed E-state index contributed by atoms with van der Waals surface area (Å²) in [6, 6.07) is 7.62. The molecule has 0 aliphatic carbocycles. The normalized spacial score (nSPS) is 10.4. The minimum absolute atomic E-state index is 0.112. The van der Waals surface area contributed by atoms with E-state index < -0.39 is 5.82 Å². The molecule has 0 saturated carbocycles. The summed E-state index contributed by atoms with van der Waals surface area (Å²) in [7, 11) is 1.40. The number of benzene rings is 1. The largest absolute Gasteiger partial charge is 0.494 e. The predicted octanol–water partition coefficient (Wildman–Crippen LogP) is 2.59. The number of rotatable bonds is 6. The maximum atomic E-state index is 13.6. The molecule has 6 heteroatoms. The number of halogens is 1. The molecule has 0 aliphatic rings. The van der Waals surface area contributed by atoms with E-state index in [4.69, 9.17) is 4.74 Å². The van der Waals surface area contributed by atoms with E-state index in [1.165, 1.54) is 23.8 Å². The third-order valence-electron chi connectivity index (χ3n) is 3.46. The molecule has 0 saturated heterocycles. The fourth-order valence-electron chi connectivity index (χ4n) is 2.20. The Balaban J connectivity index is 1.95. The molecule has 0 bridgehead atoms. The molecule has 0 atom stereocenters. The first-order valence-corrected chi connectivity index (χ1v) is 7.36. The van der Waals surface area contributed by atoms with Crippen LogP contribution in [0, 0.1) is 5.82 Å². The van der Waals surface area contributed by atoms with E-state index >= 15 is 0 Å². The lowest BCUT2D eigenvalue weighted by Crippen LogP contribution is -2.19. The Kier molecular flexibility index (Phi) is 5.51. The van der Waals surface area contributed by atoms with E-state index in [-0.39, 0.29) is 23.6 Å². The highest BCUT2D eigenvalue weighted by atomic mass is 19.1. The van der Waals surface area contributed by atoms with Crippen molar-refractivity contribution in [2.24, 2.45) is 0 Å². The first kappa shape index (κ1) is 16.7. The van der Waals surface area contributed by atoms with Crippen LogP contribution in [0.2, 0.25) is 0 Å². The van der Waals surface area contributed by atoms with Gasteiger partial charge in [-0.25, -0.2) is 4.39 Å². The van der Waals surface area contributed by atoms with Crippen LogP contribution in [0.1, 0.15) is 18.9 Å². The number of anilines is 1. The van der Waals surface area contributed by atoms with Gasteiger partial charge in [-0.2, -0.15) is 0 Å². The number of hydrogen-bond donors (Lipinski definition) is 1. The molecule has 0 fully saturated rings. The van der Waals surface area contributed by atoms with Crippen LogP contribution in [0.3, 0.4) is 0 Å². The third-order valence-corrected chi connectivity index (χ3v) is 3.46. The van der Waals surface area contributed by atoms with Crippen LogP contribution in [0.5, 0.6) is 5.75 Å². The van der Waals surface area contributed by atoms with Gasteiger partial charge in [-0.15, -0.1) is 0 Å². The number of carbonyl (C=O) groups is 1. The second-order valence-corrected chi connectivity index (χ2v) is 5.06. The van der Waals surface area contributed by atoms with Gasteiger partial charge in [0, 0.05) is 25.2 Å². The van der Waals surface area contributed by atoms with Crippen molar-refractivity contribution in [3.8, 4) is 5.75 Å².